The number of benzene rings is 1. The lowest BCUT2D eigenvalue weighted by Crippen LogP contribution is -2.18. The van der Waals surface area contributed by atoms with Crippen LogP contribution in [0, 0.1) is 0 Å². The van der Waals surface area contributed by atoms with Crippen LogP contribution in [0.4, 0.5) is 0 Å². The number of halogens is 1. The van der Waals surface area contributed by atoms with E-state index in [4.69, 9.17) is 4.74 Å². The van der Waals surface area contributed by atoms with Crippen molar-refractivity contribution in [1.82, 2.24) is 5.32 Å². The van der Waals surface area contributed by atoms with Gasteiger partial charge in [-0.3, -0.25) is 0 Å². The Labute approximate surface area is 115 Å². The van der Waals surface area contributed by atoms with E-state index in [1.165, 1.54) is 33.3 Å². The first-order valence-electron chi connectivity index (χ1n) is 6.03. The van der Waals surface area contributed by atoms with Gasteiger partial charge in [-0.05, 0) is 36.4 Å². The predicted molar refractivity (Wildman–Crippen MR) is 75.9 cm³/mol. The summed E-state index contributed by atoms with van der Waals surface area (Å²) in [6.45, 7) is 0.840. The molecule has 2 nitrogen and oxygen atoms in total. The van der Waals surface area contributed by atoms with Crippen molar-refractivity contribution in [3.8, 4) is 5.75 Å². The molecule has 0 aromatic heterocycles. The molecule has 0 spiro atoms. The standard InChI is InChI=1S/C13H16BrNOS/c1-15-11-3-5-17-7-9-12(11)10(14)6-8-2-4-16-13(8)9/h6,11,15H,2-5,7H2,1H3. The van der Waals surface area contributed by atoms with Crippen molar-refractivity contribution in [1.29, 1.82) is 0 Å². The third-order valence-corrected chi connectivity index (χ3v) is 5.23. The molecule has 3 rings (SSSR count). The smallest absolute Gasteiger partial charge is 0.127 e. The summed E-state index contributed by atoms with van der Waals surface area (Å²) in [5.74, 6) is 3.45. The van der Waals surface area contributed by atoms with Crippen molar-refractivity contribution in [2.24, 2.45) is 0 Å². The van der Waals surface area contributed by atoms with Gasteiger partial charge < -0.3 is 10.1 Å². The lowest BCUT2D eigenvalue weighted by atomic mass is 9.96. The van der Waals surface area contributed by atoms with Crippen LogP contribution >= 0.6 is 27.7 Å². The van der Waals surface area contributed by atoms with Crippen molar-refractivity contribution in [2.45, 2.75) is 24.6 Å². The molecule has 0 radical (unpaired) electrons. The molecular weight excluding hydrogens is 298 g/mol. The molecule has 2 aliphatic heterocycles. The van der Waals surface area contributed by atoms with E-state index in [0.717, 1.165) is 24.5 Å². The summed E-state index contributed by atoms with van der Waals surface area (Å²) < 4.78 is 7.09. The van der Waals surface area contributed by atoms with Gasteiger partial charge in [-0.25, -0.2) is 0 Å². The zero-order valence-electron chi connectivity index (χ0n) is 9.88. The Kier molecular flexibility index (Phi) is 3.37. The van der Waals surface area contributed by atoms with Crippen molar-refractivity contribution in [2.75, 3.05) is 19.4 Å². The first-order chi connectivity index (χ1) is 8.31. The van der Waals surface area contributed by atoms with Gasteiger partial charge in [-0.15, -0.1) is 0 Å². The number of rotatable bonds is 1. The van der Waals surface area contributed by atoms with Gasteiger partial charge in [-0.2, -0.15) is 11.8 Å². The van der Waals surface area contributed by atoms with Crippen LogP contribution in [0.5, 0.6) is 5.75 Å². The fraction of sp³-hybridized carbons (Fsp3) is 0.538. The van der Waals surface area contributed by atoms with E-state index >= 15 is 0 Å². The Balaban J connectivity index is 2.18. The van der Waals surface area contributed by atoms with E-state index in [2.05, 4.69) is 27.3 Å². The number of hydrogen-bond acceptors (Lipinski definition) is 3. The highest BCUT2D eigenvalue weighted by Gasteiger charge is 2.27. The molecule has 17 heavy (non-hydrogen) atoms. The monoisotopic (exact) mass is 313 g/mol. The highest BCUT2D eigenvalue weighted by Crippen LogP contribution is 2.43. The van der Waals surface area contributed by atoms with Crippen LogP contribution in [0.2, 0.25) is 0 Å². The molecular formula is C13H16BrNOS. The van der Waals surface area contributed by atoms with E-state index in [0.29, 0.717) is 6.04 Å². The van der Waals surface area contributed by atoms with E-state index in [1.54, 1.807) is 0 Å². The van der Waals surface area contributed by atoms with E-state index in [-0.39, 0.29) is 0 Å². The lowest BCUT2D eigenvalue weighted by molar-refractivity contribution is 0.353. The van der Waals surface area contributed by atoms with Crippen LogP contribution in [-0.4, -0.2) is 19.4 Å². The quantitative estimate of drug-likeness (QED) is 0.859. The fourth-order valence-electron chi connectivity index (χ4n) is 2.71. The third-order valence-electron chi connectivity index (χ3n) is 3.56. The molecule has 2 aliphatic rings. The van der Waals surface area contributed by atoms with Gasteiger partial charge in [0.25, 0.3) is 0 Å². The maximum atomic E-state index is 5.84. The Morgan fingerprint density at radius 1 is 1.53 bits per heavy atom. The number of fused-ring (bicyclic) bond motifs is 3. The zero-order valence-corrected chi connectivity index (χ0v) is 12.3. The minimum Gasteiger partial charge on any atom is -0.493 e. The molecule has 0 saturated heterocycles. The summed E-state index contributed by atoms with van der Waals surface area (Å²) in [4.78, 5) is 0. The Hall–Kier alpha value is -0.190. The van der Waals surface area contributed by atoms with Crippen LogP contribution in [0.3, 0.4) is 0 Å². The maximum Gasteiger partial charge on any atom is 0.127 e. The minimum atomic E-state index is 0.448. The summed E-state index contributed by atoms with van der Waals surface area (Å²) in [7, 11) is 2.05. The molecule has 4 heteroatoms. The van der Waals surface area contributed by atoms with Gasteiger partial charge in [0.15, 0.2) is 0 Å². The van der Waals surface area contributed by atoms with Crippen molar-refractivity contribution in [3.63, 3.8) is 0 Å². The van der Waals surface area contributed by atoms with Crippen molar-refractivity contribution >= 4 is 27.7 Å². The second kappa shape index (κ2) is 4.82. The lowest BCUT2D eigenvalue weighted by Gasteiger charge is -2.20. The highest BCUT2D eigenvalue weighted by molar-refractivity contribution is 9.10. The average Bonchev–Trinajstić information content (AvgIpc) is 2.67. The summed E-state index contributed by atoms with van der Waals surface area (Å²) in [5, 5.41) is 3.43. The highest BCUT2D eigenvalue weighted by atomic mass is 79.9. The summed E-state index contributed by atoms with van der Waals surface area (Å²) in [5.41, 5.74) is 4.19. The second-order valence-corrected chi connectivity index (χ2v) is 6.48. The zero-order chi connectivity index (χ0) is 11.8. The maximum absolute atomic E-state index is 5.84. The summed E-state index contributed by atoms with van der Waals surface area (Å²) in [6, 6.07) is 2.70. The molecule has 0 bridgehead atoms. The molecule has 1 atom stereocenters. The van der Waals surface area contributed by atoms with Gasteiger partial charge in [0.05, 0.1) is 6.61 Å². The largest absolute Gasteiger partial charge is 0.493 e. The van der Waals surface area contributed by atoms with Crippen LogP contribution < -0.4 is 10.1 Å². The Morgan fingerprint density at radius 3 is 3.24 bits per heavy atom. The topological polar surface area (TPSA) is 21.3 Å². The second-order valence-electron chi connectivity index (χ2n) is 4.52. The van der Waals surface area contributed by atoms with E-state index in [9.17, 15) is 0 Å². The fourth-order valence-corrected chi connectivity index (χ4v) is 4.54. The molecule has 2 heterocycles. The molecule has 1 aromatic rings. The van der Waals surface area contributed by atoms with E-state index < -0.39 is 0 Å². The average molecular weight is 314 g/mol. The van der Waals surface area contributed by atoms with Gasteiger partial charge in [0.2, 0.25) is 0 Å². The predicted octanol–water partition coefficient (Wildman–Crippen LogP) is 3.28. The summed E-state index contributed by atoms with van der Waals surface area (Å²) in [6.07, 6.45) is 2.24. The number of hydrogen-bond donors (Lipinski definition) is 1. The molecule has 0 fully saturated rings. The van der Waals surface area contributed by atoms with Crippen LogP contribution in [-0.2, 0) is 12.2 Å². The SMILES string of the molecule is CNC1CCSCc2c3c(cc(Br)c21)CCO3. The van der Waals surface area contributed by atoms with Gasteiger partial charge in [-0.1, -0.05) is 15.9 Å². The van der Waals surface area contributed by atoms with Crippen LogP contribution in [0.1, 0.15) is 29.2 Å². The third kappa shape index (κ3) is 2.00. The summed E-state index contributed by atoms with van der Waals surface area (Å²) >= 11 is 5.76. The van der Waals surface area contributed by atoms with Crippen molar-refractivity contribution < 1.29 is 4.74 Å². The number of ether oxygens (including phenoxy) is 1. The molecule has 1 aromatic carbocycles. The van der Waals surface area contributed by atoms with Crippen molar-refractivity contribution in [3.05, 3.63) is 27.2 Å². The number of nitrogens with one attached hydrogen (secondary N) is 1. The Bertz CT molecular complexity index is 450. The van der Waals surface area contributed by atoms with Crippen LogP contribution in [0.25, 0.3) is 0 Å². The first-order valence-corrected chi connectivity index (χ1v) is 7.98. The molecule has 0 saturated carbocycles. The van der Waals surface area contributed by atoms with Gasteiger partial charge in [0.1, 0.15) is 5.75 Å². The van der Waals surface area contributed by atoms with Crippen LogP contribution in [0.15, 0.2) is 10.5 Å². The first kappa shape index (κ1) is 11.9. The molecule has 1 N–H and O–H groups in total. The minimum absolute atomic E-state index is 0.448. The molecule has 0 aliphatic carbocycles. The normalized spacial score (nSPS) is 22.6. The molecule has 92 valence electrons. The number of thioether (sulfide) groups is 1. The Morgan fingerprint density at radius 2 is 2.41 bits per heavy atom. The van der Waals surface area contributed by atoms with E-state index in [1.807, 2.05) is 18.8 Å². The van der Waals surface area contributed by atoms with Gasteiger partial charge in [0, 0.05) is 28.3 Å². The molecule has 0 amide bonds. The van der Waals surface area contributed by atoms with Gasteiger partial charge >= 0.3 is 0 Å². The molecule has 1 unspecified atom stereocenters.